The van der Waals surface area contributed by atoms with E-state index < -0.39 is 0 Å². The summed E-state index contributed by atoms with van der Waals surface area (Å²) in [6.45, 7) is 5.15. The highest BCUT2D eigenvalue weighted by atomic mass is 15.3. The van der Waals surface area contributed by atoms with E-state index >= 15 is 0 Å². The highest BCUT2D eigenvalue weighted by Gasteiger charge is 2.22. The van der Waals surface area contributed by atoms with Crippen LogP contribution in [0.25, 0.3) is 0 Å². The van der Waals surface area contributed by atoms with Gasteiger partial charge in [-0.1, -0.05) is 0 Å². The smallest absolute Gasteiger partial charge is 0.133 e. The summed E-state index contributed by atoms with van der Waals surface area (Å²) in [6, 6.07) is 0.301. The minimum Gasteiger partial charge on any atom is -0.328 e. The number of rotatable bonds is 2. The summed E-state index contributed by atoms with van der Waals surface area (Å²) in [5, 5.41) is 8.28. The molecule has 0 radical (unpaired) electrons. The van der Waals surface area contributed by atoms with Gasteiger partial charge in [0.25, 0.3) is 0 Å². The molecule has 14 heavy (non-hydrogen) atoms. The lowest BCUT2D eigenvalue weighted by molar-refractivity contribution is 0.341. The van der Waals surface area contributed by atoms with Gasteiger partial charge in [-0.2, -0.15) is 0 Å². The van der Waals surface area contributed by atoms with Crippen LogP contribution in [0.2, 0.25) is 0 Å². The third-order valence-electron chi connectivity index (χ3n) is 2.95. The number of fused-ring (bicyclic) bond motifs is 1. The Balaban J connectivity index is 2.06. The Labute approximate surface area is 84.5 Å². The predicted octanol–water partition coefficient (Wildman–Crippen LogP) is 0.886. The largest absolute Gasteiger partial charge is 0.328 e. The van der Waals surface area contributed by atoms with Crippen LogP contribution < -0.4 is 5.73 Å². The van der Waals surface area contributed by atoms with Gasteiger partial charge in [0.2, 0.25) is 0 Å². The molecule has 0 bridgehead atoms. The average molecular weight is 194 g/mol. The van der Waals surface area contributed by atoms with E-state index in [0.717, 1.165) is 31.0 Å². The molecule has 0 amide bonds. The number of aromatic nitrogens is 3. The van der Waals surface area contributed by atoms with Crippen molar-refractivity contribution in [2.45, 2.75) is 45.7 Å². The predicted molar refractivity (Wildman–Crippen MR) is 54.8 cm³/mol. The van der Waals surface area contributed by atoms with E-state index in [4.69, 9.17) is 5.73 Å². The number of aryl methyl sites for hydroxylation is 1. The number of nitrogens with zero attached hydrogens (tertiary/aromatic N) is 3. The van der Waals surface area contributed by atoms with E-state index in [1.165, 1.54) is 6.42 Å². The molecule has 4 heteroatoms. The molecule has 2 atom stereocenters. The molecule has 1 aromatic heterocycles. The van der Waals surface area contributed by atoms with E-state index in [2.05, 4.69) is 21.7 Å². The molecule has 2 unspecified atom stereocenters. The molecule has 1 aromatic rings. The SMILES string of the molecule is Cc1nnc2n1CCC(CC(C)N)C2. The van der Waals surface area contributed by atoms with Gasteiger partial charge >= 0.3 is 0 Å². The first-order valence-electron chi connectivity index (χ1n) is 5.31. The monoisotopic (exact) mass is 194 g/mol. The zero-order chi connectivity index (χ0) is 10.1. The number of hydrogen-bond donors (Lipinski definition) is 1. The molecule has 2 N–H and O–H groups in total. The molecular weight excluding hydrogens is 176 g/mol. The number of hydrogen-bond acceptors (Lipinski definition) is 3. The Morgan fingerprint density at radius 3 is 3.07 bits per heavy atom. The number of nitrogens with two attached hydrogens (primary N) is 1. The fourth-order valence-corrected chi connectivity index (χ4v) is 2.27. The van der Waals surface area contributed by atoms with Crippen molar-refractivity contribution >= 4 is 0 Å². The van der Waals surface area contributed by atoms with Crippen molar-refractivity contribution in [3.63, 3.8) is 0 Å². The van der Waals surface area contributed by atoms with Crippen LogP contribution in [0.3, 0.4) is 0 Å². The highest BCUT2D eigenvalue weighted by Crippen LogP contribution is 2.23. The molecule has 0 aromatic carbocycles. The van der Waals surface area contributed by atoms with Gasteiger partial charge in [-0.05, 0) is 32.6 Å². The lowest BCUT2D eigenvalue weighted by Gasteiger charge is -2.24. The molecule has 0 fully saturated rings. The zero-order valence-electron chi connectivity index (χ0n) is 8.90. The van der Waals surface area contributed by atoms with E-state index in [0.29, 0.717) is 12.0 Å². The van der Waals surface area contributed by atoms with Crippen molar-refractivity contribution in [1.29, 1.82) is 0 Å². The molecular formula is C10H18N4. The van der Waals surface area contributed by atoms with E-state index in [1.807, 2.05) is 6.92 Å². The van der Waals surface area contributed by atoms with Gasteiger partial charge in [-0.3, -0.25) is 0 Å². The summed E-state index contributed by atoms with van der Waals surface area (Å²) in [7, 11) is 0. The maximum Gasteiger partial charge on any atom is 0.133 e. The maximum atomic E-state index is 5.81. The first-order valence-corrected chi connectivity index (χ1v) is 5.31. The van der Waals surface area contributed by atoms with Gasteiger partial charge in [-0.15, -0.1) is 10.2 Å². The summed E-state index contributed by atoms with van der Waals surface area (Å²) in [5.41, 5.74) is 5.81. The zero-order valence-corrected chi connectivity index (χ0v) is 8.90. The second-order valence-corrected chi connectivity index (χ2v) is 4.39. The minimum atomic E-state index is 0.301. The molecule has 1 aliphatic heterocycles. The standard InChI is InChI=1S/C10H18N4/c1-7(11)5-9-3-4-14-8(2)12-13-10(14)6-9/h7,9H,3-6,11H2,1-2H3. The van der Waals surface area contributed by atoms with Gasteiger partial charge < -0.3 is 10.3 Å². The molecule has 78 valence electrons. The average Bonchev–Trinajstić information content (AvgIpc) is 2.46. The van der Waals surface area contributed by atoms with E-state index in [-0.39, 0.29) is 0 Å². The van der Waals surface area contributed by atoms with Crippen molar-refractivity contribution in [2.75, 3.05) is 0 Å². The molecule has 0 saturated heterocycles. The normalized spacial score (nSPS) is 23.2. The third-order valence-corrected chi connectivity index (χ3v) is 2.95. The van der Waals surface area contributed by atoms with Gasteiger partial charge in [0.15, 0.2) is 0 Å². The van der Waals surface area contributed by atoms with Crippen molar-refractivity contribution in [2.24, 2.45) is 11.7 Å². The minimum absolute atomic E-state index is 0.301. The Morgan fingerprint density at radius 1 is 1.57 bits per heavy atom. The van der Waals surface area contributed by atoms with Gasteiger partial charge in [0.05, 0.1) is 0 Å². The lowest BCUT2D eigenvalue weighted by Crippen LogP contribution is -2.26. The molecule has 0 spiro atoms. The first-order chi connectivity index (χ1) is 6.66. The Hall–Kier alpha value is -0.900. The van der Waals surface area contributed by atoms with Crippen LogP contribution in [0.15, 0.2) is 0 Å². The van der Waals surface area contributed by atoms with Crippen LogP contribution in [0.1, 0.15) is 31.4 Å². The molecule has 0 saturated carbocycles. The second-order valence-electron chi connectivity index (χ2n) is 4.39. The van der Waals surface area contributed by atoms with Crippen LogP contribution in [-0.4, -0.2) is 20.8 Å². The molecule has 1 aliphatic rings. The van der Waals surface area contributed by atoms with Gasteiger partial charge in [0, 0.05) is 19.0 Å². The topological polar surface area (TPSA) is 56.7 Å². The summed E-state index contributed by atoms with van der Waals surface area (Å²) < 4.78 is 2.22. The Kier molecular flexibility index (Phi) is 2.54. The highest BCUT2D eigenvalue weighted by molar-refractivity contribution is 4.98. The Bertz CT molecular complexity index is 316. The van der Waals surface area contributed by atoms with Crippen LogP contribution in [0.4, 0.5) is 0 Å². The summed E-state index contributed by atoms with van der Waals surface area (Å²) >= 11 is 0. The lowest BCUT2D eigenvalue weighted by atomic mass is 9.91. The van der Waals surface area contributed by atoms with Crippen LogP contribution >= 0.6 is 0 Å². The van der Waals surface area contributed by atoms with Crippen molar-refractivity contribution < 1.29 is 0 Å². The quantitative estimate of drug-likeness (QED) is 0.760. The van der Waals surface area contributed by atoms with Crippen molar-refractivity contribution in [3.05, 3.63) is 11.6 Å². The van der Waals surface area contributed by atoms with Crippen LogP contribution in [-0.2, 0) is 13.0 Å². The van der Waals surface area contributed by atoms with Crippen molar-refractivity contribution in [1.82, 2.24) is 14.8 Å². The first kappa shape index (κ1) is 9.65. The van der Waals surface area contributed by atoms with Crippen LogP contribution in [0.5, 0.6) is 0 Å². The van der Waals surface area contributed by atoms with E-state index in [9.17, 15) is 0 Å². The Morgan fingerprint density at radius 2 is 2.36 bits per heavy atom. The molecule has 2 rings (SSSR count). The van der Waals surface area contributed by atoms with Gasteiger partial charge in [0.1, 0.15) is 11.6 Å². The summed E-state index contributed by atoms with van der Waals surface area (Å²) in [6.07, 6.45) is 3.36. The molecule has 4 nitrogen and oxygen atoms in total. The summed E-state index contributed by atoms with van der Waals surface area (Å²) in [4.78, 5) is 0. The van der Waals surface area contributed by atoms with E-state index in [1.54, 1.807) is 0 Å². The third kappa shape index (κ3) is 1.80. The van der Waals surface area contributed by atoms with Crippen molar-refractivity contribution in [3.8, 4) is 0 Å². The fraction of sp³-hybridized carbons (Fsp3) is 0.800. The van der Waals surface area contributed by atoms with Gasteiger partial charge in [-0.25, -0.2) is 0 Å². The summed E-state index contributed by atoms with van der Waals surface area (Å²) in [5.74, 6) is 2.88. The fourth-order valence-electron chi connectivity index (χ4n) is 2.27. The molecule has 2 heterocycles. The van der Waals surface area contributed by atoms with Crippen LogP contribution in [0, 0.1) is 12.8 Å². The second kappa shape index (κ2) is 3.69. The maximum absolute atomic E-state index is 5.81. The molecule has 0 aliphatic carbocycles.